The highest BCUT2D eigenvalue weighted by Crippen LogP contribution is 2.40. The zero-order valence-corrected chi connectivity index (χ0v) is 22.2. The molecule has 2 amide bonds. The number of carbonyl (C=O) groups excluding carboxylic acids is 2. The monoisotopic (exact) mass is 563 g/mol. The number of imide groups is 1. The first-order valence-corrected chi connectivity index (χ1v) is 13.5. The highest BCUT2D eigenvalue weighted by Gasteiger charge is 2.36. The Morgan fingerprint density at radius 3 is 2.56 bits per heavy atom. The van der Waals surface area contributed by atoms with Gasteiger partial charge in [-0.15, -0.1) is 0 Å². The molecular formula is C26H27BrClNO4S. The number of amides is 2. The van der Waals surface area contributed by atoms with Crippen LogP contribution in [0.5, 0.6) is 11.5 Å². The van der Waals surface area contributed by atoms with E-state index in [1.807, 2.05) is 43.3 Å². The molecule has 0 atom stereocenters. The van der Waals surface area contributed by atoms with Crippen LogP contribution in [-0.2, 0) is 11.4 Å². The molecule has 0 unspecified atom stereocenters. The van der Waals surface area contributed by atoms with Crippen molar-refractivity contribution in [2.45, 2.75) is 45.6 Å². The van der Waals surface area contributed by atoms with Crippen molar-refractivity contribution in [3.63, 3.8) is 0 Å². The summed E-state index contributed by atoms with van der Waals surface area (Å²) in [5.74, 6) is 1.35. The van der Waals surface area contributed by atoms with Crippen LogP contribution in [0.2, 0.25) is 5.02 Å². The topological polar surface area (TPSA) is 55.8 Å². The number of carbonyl (C=O) groups is 2. The fourth-order valence-corrected chi connectivity index (χ4v) is 5.80. The maximum absolute atomic E-state index is 13.0. The molecule has 1 heterocycles. The van der Waals surface area contributed by atoms with Gasteiger partial charge in [0.1, 0.15) is 6.61 Å². The van der Waals surface area contributed by atoms with Gasteiger partial charge in [-0.05, 0) is 94.8 Å². The van der Waals surface area contributed by atoms with E-state index in [0.717, 1.165) is 35.7 Å². The normalized spacial score (nSPS) is 18.1. The molecule has 0 bridgehead atoms. The molecule has 8 heteroatoms. The Kier molecular flexibility index (Phi) is 8.61. The van der Waals surface area contributed by atoms with Gasteiger partial charge in [0.05, 0.1) is 16.0 Å². The zero-order chi connectivity index (χ0) is 24.1. The first kappa shape index (κ1) is 25.1. The minimum Gasteiger partial charge on any atom is -0.490 e. The molecule has 1 aliphatic carbocycles. The largest absolute Gasteiger partial charge is 0.490 e. The molecule has 180 valence electrons. The summed E-state index contributed by atoms with van der Waals surface area (Å²) in [6.07, 6.45) is 7.53. The van der Waals surface area contributed by atoms with Gasteiger partial charge in [-0.1, -0.05) is 43.0 Å². The summed E-state index contributed by atoms with van der Waals surface area (Å²) in [5.41, 5.74) is 1.74. The molecule has 4 rings (SSSR count). The van der Waals surface area contributed by atoms with Gasteiger partial charge in [-0.3, -0.25) is 14.5 Å². The van der Waals surface area contributed by atoms with Crippen molar-refractivity contribution < 1.29 is 19.1 Å². The van der Waals surface area contributed by atoms with E-state index in [9.17, 15) is 9.59 Å². The van der Waals surface area contributed by atoms with Gasteiger partial charge in [0.15, 0.2) is 11.5 Å². The van der Waals surface area contributed by atoms with Crippen LogP contribution in [-0.4, -0.2) is 29.2 Å². The molecule has 2 aliphatic rings. The van der Waals surface area contributed by atoms with E-state index < -0.39 is 0 Å². The third-order valence-corrected chi connectivity index (χ3v) is 7.71. The summed E-state index contributed by atoms with van der Waals surface area (Å²) < 4.78 is 12.6. The summed E-state index contributed by atoms with van der Waals surface area (Å²) in [5, 5.41) is 0.487. The Balaban J connectivity index is 1.51. The molecular weight excluding hydrogens is 538 g/mol. The zero-order valence-electron chi connectivity index (χ0n) is 19.0. The molecule has 5 nitrogen and oxygen atoms in total. The van der Waals surface area contributed by atoms with Crippen LogP contribution in [0.1, 0.15) is 50.2 Å². The second-order valence-corrected chi connectivity index (χ2v) is 10.8. The predicted octanol–water partition coefficient (Wildman–Crippen LogP) is 7.70. The average Bonchev–Trinajstić information content (AvgIpc) is 3.08. The van der Waals surface area contributed by atoms with Crippen molar-refractivity contribution in [3.8, 4) is 11.5 Å². The lowest BCUT2D eigenvalue weighted by molar-refractivity contribution is -0.123. The maximum atomic E-state index is 13.0. The molecule has 1 saturated carbocycles. The Morgan fingerprint density at radius 2 is 1.85 bits per heavy atom. The second kappa shape index (κ2) is 11.6. The molecule has 1 aliphatic heterocycles. The lowest BCUT2D eigenvalue weighted by Gasteiger charge is -2.25. The fraction of sp³-hybridized carbons (Fsp3) is 0.385. The second-order valence-electron chi connectivity index (χ2n) is 8.47. The van der Waals surface area contributed by atoms with Crippen molar-refractivity contribution >= 4 is 56.5 Å². The molecule has 1 saturated heterocycles. The number of benzene rings is 2. The summed E-state index contributed by atoms with van der Waals surface area (Å²) in [6, 6.07) is 11.2. The lowest BCUT2D eigenvalue weighted by Crippen LogP contribution is -2.34. The minimum absolute atomic E-state index is 0.186. The molecule has 0 radical (unpaired) electrons. The van der Waals surface area contributed by atoms with Gasteiger partial charge in [0, 0.05) is 11.6 Å². The third kappa shape index (κ3) is 6.18. The van der Waals surface area contributed by atoms with Gasteiger partial charge < -0.3 is 9.47 Å². The van der Waals surface area contributed by atoms with Crippen LogP contribution in [0.4, 0.5) is 4.79 Å². The average molecular weight is 565 g/mol. The van der Waals surface area contributed by atoms with Gasteiger partial charge in [-0.2, -0.15) is 0 Å². The summed E-state index contributed by atoms with van der Waals surface area (Å²) in [6.45, 7) is 3.24. The van der Waals surface area contributed by atoms with E-state index in [0.29, 0.717) is 51.6 Å². The van der Waals surface area contributed by atoms with Gasteiger partial charge >= 0.3 is 0 Å². The minimum atomic E-state index is -0.210. The number of rotatable bonds is 8. The van der Waals surface area contributed by atoms with E-state index in [2.05, 4.69) is 15.9 Å². The van der Waals surface area contributed by atoms with E-state index in [1.165, 1.54) is 24.2 Å². The number of hydrogen-bond donors (Lipinski definition) is 0. The summed E-state index contributed by atoms with van der Waals surface area (Å²) >= 11 is 10.5. The van der Waals surface area contributed by atoms with Crippen LogP contribution >= 0.6 is 39.3 Å². The quantitative estimate of drug-likeness (QED) is 0.308. The Labute approximate surface area is 218 Å². The number of ether oxygens (including phenoxy) is 2. The summed E-state index contributed by atoms with van der Waals surface area (Å²) in [4.78, 5) is 27.4. The number of hydrogen-bond acceptors (Lipinski definition) is 5. The van der Waals surface area contributed by atoms with E-state index in [1.54, 1.807) is 6.08 Å². The van der Waals surface area contributed by atoms with Gasteiger partial charge in [0.2, 0.25) is 0 Å². The van der Waals surface area contributed by atoms with Crippen LogP contribution in [0.25, 0.3) is 6.08 Å². The van der Waals surface area contributed by atoms with Crippen molar-refractivity contribution in [1.29, 1.82) is 0 Å². The van der Waals surface area contributed by atoms with Crippen molar-refractivity contribution in [2.75, 3.05) is 13.2 Å². The van der Waals surface area contributed by atoms with Crippen molar-refractivity contribution in [1.82, 2.24) is 4.90 Å². The van der Waals surface area contributed by atoms with Crippen LogP contribution < -0.4 is 9.47 Å². The first-order valence-electron chi connectivity index (χ1n) is 11.5. The number of halogens is 2. The highest BCUT2D eigenvalue weighted by molar-refractivity contribution is 9.10. The predicted molar refractivity (Wildman–Crippen MR) is 140 cm³/mol. The van der Waals surface area contributed by atoms with E-state index in [-0.39, 0.29) is 11.1 Å². The Hall–Kier alpha value is -1.96. The van der Waals surface area contributed by atoms with Crippen LogP contribution in [0.15, 0.2) is 45.8 Å². The van der Waals surface area contributed by atoms with Crippen molar-refractivity contribution in [2.24, 2.45) is 5.92 Å². The molecule has 2 fully saturated rings. The van der Waals surface area contributed by atoms with Crippen LogP contribution in [0.3, 0.4) is 0 Å². The van der Waals surface area contributed by atoms with Gasteiger partial charge in [-0.25, -0.2) is 0 Å². The smallest absolute Gasteiger partial charge is 0.293 e. The first-order chi connectivity index (χ1) is 16.4. The molecule has 0 spiro atoms. The molecule has 2 aromatic carbocycles. The van der Waals surface area contributed by atoms with Crippen LogP contribution in [0, 0.1) is 5.92 Å². The highest BCUT2D eigenvalue weighted by atomic mass is 79.9. The standard InChI is InChI=1S/C26H27BrClNO4S/c1-2-32-22-13-19(12-21(27)24(22)33-16-18-8-10-20(28)11-9-18)14-23-25(30)29(26(31)34-23)15-17-6-4-3-5-7-17/h8-14,17H,2-7,15-16H2,1H3/b23-14+. The SMILES string of the molecule is CCOc1cc(/C=C2/SC(=O)N(CC3CCCCC3)C2=O)cc(Br)c1OCc1ccc(Cl)cc1. The molecule has 34 heavy (non-hydrogen) atoms. The number of nitrogens with zero attached hydrogens (tertiary/aromatic N) is 1. The van der Waals surface area contributed by atoms with Crippen molar-refractivity contribution in [3.05, 3.63) is 61.9 Å². The van der Waals surface area contributed by atoms with E-state index in [4.69, 9.17) is 21.1 Å². The third-order valence-electron chi connectivity index (χ3n) is 5.96. The number of thioether (sulfide) groups is 1. The Bertz CT molecular complexity index is 1080. The molecule has 0 N–H and O–H groups in total. The Morgan fingerprint density at radius 1 is 1.12 bits per heavy atom. The fourth-order valence-electron chi connectivity index (χ4n) is 4.25. The molecule has 0 aromatic heterocycles. The lowest BCUT2D eigenvalue weighted by atomic mass is 9.89. The maximum Gasteiger partial charge on any atom is 0.293 e. The van der Waals surface area contributed by atoms with E-state index >= 15 is 0 Å². The molecule has 2 aromatic rings. The summed E-state index contributed by atoms with van der Waals surface area (Å²) in [7, 11) is 0. The van der Waals surface area contributed by atoms with Gasteiger partial charge in [0.25, 0.3) is 11.1 Å².